The summed E-state index contributed by atoms with van der Waals surface area (Å²) in [4.78, 5) is 10.4. The molecular formula is C16H12ClFO3. The summed E-state index contributed by atoms with van der Waals surface area (Å²) in [7, 11) is 0. The van der Waals surface area contributed by atoms with Gasteiger partial charge in [-0.25, -0.2) is 9.18 Å². The lowest BCUT2D eigenvalue weighted by molar-refractivity contribution is -0.131. The standard InChI is InChI=1S/C16H12ClFO3/c17-14-9-13(18)6-7-15(14)21-10-12-3-1-11(2-4-12)5-8-16(19)20/h1-9H,10H2,(H,19,20). The Hall–Kier alpha value is -2.33. The van der Waals surface area contributed by atoms with Crippen LogP contribution in [0.15, 0.2) is 48.5 Å². The monoisotopic (exact) mass is 306 g/mol. The SMILES string of the molecule is O=C(O)C=Cc1ccc(COc2ccc(F)cc2Cl)cc1. The fraction of sp³-hybridized carbons (Fsp3) is 0.0625. The summed E-state index contributed by atoms with van der Waals surface area (Å²) in [5.41, 5.74) is 1.67. The minimum absolute atomic E-state index is 0.219. The Bertz CT molecular complexity index is 666. The first-order chi connectivity index (χ1) is 10.0. The number of ether oxygens (including phenoxy) is 1. The lowest BCUT2D eigenvalue weighted by atomic mass is 10.1. The van der Waals surface area contributed by atoms with E-state index >= 15 is 0 Å². The number of carboxylic acids is 1. The Balaban J connectivity index is 1.99. The van der Waals surface area contributed by atoms with Gasteiger partial charge in [-0.2, -0.15) is 0 Å². The van der Waals surface area contributed by atoms with E-state index in [1.165, 1.54) is 24.3 Å². The number of carboxylic acid groups (broad SMARTS) is 1. The molecule has 3 nitrogen and oxygen atoms in total. The molecule has 0 fully saturated rings. The molecule has 108 valence electrons. The van der Waals surface area contributed by atoms with Crippen LogP contribution in [0.25, 0.3) is 6.08 Å². The van der Waals surface area contributed by atoms with E-state index < -0.39 is 11.8 Å². The maximum absolute atomic E-state index is 12.9. The van der Waals surface area contributed by atoms with Crippen molar-refractivity contribution < 1.29 is 19.0 Å². The first-order valence-electron chi connectivity index (χ1n) is 6.12. The molecule has 0 unspecified atom stereocenters. The topological polar surface area (TPSA) is 46.5 Å². The van der Waals surface area contributed by atoms with Crippen molar-refractivity contribution in [3.63, 3.8) is 0 Å². The number of hydrogen-bond acceptors (Lipinski definition) is 2. The van der Waals surface area contributed by atoms with Crippen molar-refractivity contribution in [2.45, 2.75) is 6.61 Å². The molecule has 0 amide bonds. The molecule has 21 heavy (non-hydrogen) atoms. The molecule has 0 spiro atoms. The van der Waals surface area contributed by atoms with E-state index in [1.807, 2.05) is 12.1 Å². The highest BCUT2D eigenvalue weighted by molar-refractivity contribution is 6.32. The summed E-state index contributed by atoms with van der Waals surface area (Å²) < 4.78 is 18.4. The fourth-order valence-electron chi connectivity index (χ4n) is 1.65. The molecule has 0 saturated heterocycles. The summed E-state index contributed by atoms with van der Waals surface area (Å²) in [6.07, 6.45) is 2.58. The van der Waals surface area contributed by atoms with Gasteiger partial charge in [0.05, 0.1) is 5.02 Å². The molecule has 2 aromatic carbocycles. The van der Waals surface area contributed by atoms with E-state index in [4.69, 9.17) is 21.4 Å². The van der Waals surface area contributed by atoms with Crippen LogP contribution >= 0.6 is 11.6 Å². The number of benzene rings is 2. The fourth-order valence-corrected chi connectivity index (χ4v) is 1.87. The molecule has 2 aromatic rings. The second kappa shape index (κ2) is 6.90. The van der Waals surface area contributed by atoms with Crippen LogP contribution in [0.2, 0.25) is 5.02 Å². The molecule has 0 aromatic heterocycles. The van der Waals surface area contributed by atoms with Gasteiger partial charge in [0.15, 0.2) is 0 Å². The largest absolute Gasteiger partial charge is 0.487 e. The van der Waals surface area contributed by atoms with Crippen molar-refractivity contribution in [1.29, 1.82) is 0 Å². The van der Waals surface area contributed by atoms with Crippen LogP contribution in [0.4, 0.5) is 4.39 Å². The van der Waals surface area contributed by atoms with Crippen LogP contribution in [0.5, 0.6) is 5.75 Å². The average Bonchev–Trinajstić information content (AvgIpc) is 2.45. The Morgan fingerprint density at radius 1 is 1.24 bits per heavy atom. The molecule has 0 aliphatic rings. The average molecular weight is 307 g/mol. The predicted octanol–water partition coefficient (Wildman–Crippen LogP) is 4.16. The molecule has 0 bridgehead atoms. The molecule has 0 saturated carbocycles. The van der Waals surface area contributed by atoms with Crippen molar-refractivity contribution in [1.82, 2.24) is 0 Å². The molecule has 0 aliphatic heterocycles. The van der Waals surface area contributed by atoms with Crippen LogP contribution in [-0.4, -0.2) is 11.1 Å². The van der Waals surface area contributed by atoms with E-state index in [0.717, 1.165) is 17.2 Å². The van der Waals surface area contributed by atoms with Crippen molar-refractivity contribution >= 4 is 23.6 Å². The molecule has 0 radical (unpaired) electrons. The maximum atomic E-state index is 12.9. The number of rotatable bonds is 5. The van der Waals surface area contributed by atoms with Gasteiger partial charge in [-0.1, -0.05) is 35.9 Å². The first kappa shape index (κ1) is 15.1. The minimum Gasteiger partial charge on any atom is -0.487 e. The third-order valence-corrected chi connectivity index (χ3v) is 2.98. The zero-order valence-electron chi connectivity index (χ0n) is 10.9. The zero-order valence-corrected chi connectivity index (χ0v) is 11.7. The second-order valence-corrected chi connectivity index (χ2v) is 4.68. The van der Waals surface area contributed by atoms with Crippen molar-refractivity contribution in [3.05, 3.63) is 70.5 Å². The van der Waals surface area contributed by atoms with E-state index in [2.05, 4.69) is 0 Å². The minimum atomic E-state index is -0.992. The molecule has 0 atom stereocenters. The molecule has 0 heterocycles. The molecule has 0 aliphatic carbocycles. The normalized spacial score (nSPS) is 10.8. The highest BCUT2D eigenvalue weighted by Crippen LogP contribution is 2.25. The van der Waals surface area contributed by atoms with Crippen molar-refractivity contribution in [3.8, 4) is 5.75 Å². The van der Waals surface area contributed by atoms with Gasteiger partial charge in [-0.3, -0.25) is 0 Å². The van der Waals surface area contributed by atoms with Gasteiger partial charge >= 0.3 is 5.97 Å². The second-order valence-electron chi connectivity index (χ2n) is 4.28. The van der Waals surface area contributed by atoms with Crippen LogP contribution in [0.1, 0.15) is 11.1 Å². The lowest BCUT2D eigenvalue weighted by Crippen LogP contribution is -1.96. The van der Waals surface area contributed by atoms with Gasteiger partial charge in [0.1, 0.15) is 18.2 Å². The van der Waals surface area contributed by atoms with Gasteiger partial charge in [-0.05, 0) is 35.4 Å². The summed E-state index contributed by atoms with van der Waals surface area (Å²) in [6.45, 7) is 0.286. The number of aliphatic carboxylic acids is 1. The Kier molecular flexibility index (Phi) is 4.95. The van der Waals surface area contributed by atoms with E-state index in [0.29, 0.717) is 5.75 Å². The van der Waals surface area contributed by atoms with Gasteiger partial charge in [0.2, 0.25) is 0 Å². The van der Waals surface area contributed by atoms with E-state index in [1.54, 1.807) is 12.1 Å². The highest BCUT2D eigenvalue weighted by atomic mass is 35.5. The Labute approximate surface area is 126 Å². The first-order valence-corrected chi connectivity index (χ1v) is 6.50. The lowest BCUT2D eigenvalue weighted by Gasteiger charge is -2.08. The van der Waals surface area contributed by atoms with E-state index in [9.17, 15) is 9.18 Å². The third kappa shape index (κ3) is 4.61. The van der Waals surface area contributed by atoms with Gasteiger partial charge in [0, 0.05) is 6.08 Å². The Morgan fingerprint density at radius 2 is 1.95 bits per heavy atom. The summed E-state index contributed by atoms with van der Waals surface area (Å²) >= 11 is 5.86. The smallest absolute Gasteiger partial charge is 0.328 e. The summed E-state index contributed by atoms with van der Waals surface area (Å²) in [5, 5.41) is 8.76. The summed E-state index contributed by atoms with van der Waals surface area (Å²) in [6, 6.07) is 11.1. The molecule has 1 N–H and O–H groups in total. The third-order valence-electron chi connectivity index (χ3n) is 2.69. The van der Waals surface area contributed by atoms with Crippen LogP contribution < -0.4 is 4.74 Å². The van der Waals surface area contributed by atoms with Crippen LogP contribution in [-0.2, 0) is 11.4 Å². The molecular weight excluding hydrogens is 295 g/mol. The quantitative estimate of drug-likeness (QED) is 0.844. The van der Waals surface area contributed by atoms with Crippen molar-refractivity contribution in [2.75, 3.05) is 0 Å². The highest BCUT2D eigenvalue weighted by Gasteiger charge is 2.03. The van der Waals surface area contributed by atoms with Gasteiger partial charge < -0.3 is 9.84 Å². The number of hydrogen-bond donors (Lipinski definition) is 1. The molecule has 2 rings (SSSR count). The van der Waals surface area contributed by atoms with Crippen LogP contribution in [0.3, 0.4) is 0 Å². The summed E-state index contributed by atoms with van der Waals surface area (Å²) in [5.74, 6) is -0.997. The van der Waals surface area contributed by atoms with Crippen molar-refractivity contribution in [2.24, 2.45) is 0 Å². The maximum Gasteiger partial charge on any atom is 0.328 e. The predicted molar refractivity (Wildman–Crippen MR) is 78.9 cm³/mol. The number of carbonyl (C=O) groups is 1. The molecule has 5 heteroatoms. The van der Waals surface area contributed by atoms with Gasteiger partial charge in [0.25, 0.3) is 0 Å². The Morgan fingerprint density at radius 3 is 2.57 bits per heavy atom. The van der Waals surface area contributed by atoms with E-state index in [-0.39, 0.29) is 11.6 Å². The number of halogens is 2. The van der Waals surface area contributed by atoms with Crippen LogP contribution in [0, 0.1) is 5.82 Å². The van der Waals surface area contributed by atoms with Gasteiger partial charge in [-0.15, -0.1) is 0 Å². The zero-order chi connectivity index (χ0) is 15.2.